The number of carbonyl (C=O) groups excluding carboxylic acids is 1. The van der Waals surface area contributed by atoms with Crippen molar-refractivity contribution in [2.24, 2.45) is 5.92 Å². The Bertz CT molecular complexity index is 310. The van der Waals surface area contributed by atoms with Crippen LogP contribution in [0.25, 0.3) is 0 Å². The van der Waals surface area contributed by atoms with Crippen LogP contribution in [0, 0.1) is 5.92 Å². The molecule has 1 saturated heterocycles. The SMILES string of the molecule is CCCCC(CNC(=O)OC(C)(C)C)NCC1CCOCC1. The summed E-state index contributed by atoms with van der Waals surface area (Å²) in [6.07, 6.45) is 5.35. The van der Waals surface area contributed by atoms with Gasteiger partial charge < -0.3 is 20.1 Å². The van der Waals surface area contributed by atoms with E-state index < -0.39 is 5.60 Å². The quantitative estimate of drug-likeness (QED) is 0.723. The maximum atomic E-state index is 11.8. The lowest BCUT2D eigenvalue weighted by Gasteiger charge is -2.26. The first-order chi connectivity index (χ1) is 10.4. The van der Waals surface area contributed by atoms with Crippen molar-refractivity contribution in [1.82, 2.24) is 10.6 Å². The molecule has 0 aromatic heterocycles. The summed E-state index contributed by atoms with van der Waals surface area (Å²) in [4.78, 5) is 11.8. The second-order valence-corrected chi connectivity index (χ2v) is 7.19. The lowest BCUT2D eigenvalue weighted by atomic mass is 9.99. The number of hydrogen-bond acceptors (Lipinski definition) is 4. The monoisotopic (exact) mass is 314 g/mol. The van der Waals surface area contributed by atoms with Gasteiger partial charge >= 0.3 is 6.09 Å². The van der Waals surface area contributed by atoms with Gasteiger partial charge in [0.1, 0.15) is 5.60 Å². The number of rotatable bonds is 8. The molecule has 0 aromatic rings. The summed E-state index contributed by atoms with van der Waals surface area (Å²) in [5.74, 6) is 0.694. The first-order valence-electron chi connectivity index (χ1n) is 8.68. The molecule has 5 nitrogen and oxygen atoms in total. The molecule has 130 valence electrons. The van der Waals surface area contributed by atoms with Crippen LogP contribution >= 0.6 is 0 Å². The maximum absolute atomic E-state index is 11.8. The Labute approximate surface area is 135 Å². The molecule has 1 atom stereocenters. The van der Waals surface area contributed by atoms with Gasteiger partial charge in [-0.3, -0.25) is 0 Å². The van der Waals surface area contributed by atoms with Crippen molar-refractivity contribution in [3.63, 3.8) is 0 Å². The first kappa shape index (κ1) is 19.2. The third-order valence-corrected chi connectivity index (χ3v) is 3.83. The van der Waals surface area contributed by atoms with Gasteiger partial charge in [0.05, 0.1) is 0 Å². The number of ether oxygens (including phenoxy) is 2. The third-order valence-electron chi connectivity index (χ3n) is 3.83. The van der Waals surface area contributed by atoms with Crippen LogP contribution in [0.2, 0.25) is 0 Å². The lowest BCUT2D eigenvalue weighted by Crippen LogP contribution is -2.44. The summed E-state index contributed by atoms with van der Waals surface area (Å²) >= 11 is 0. The first-order valence-corrected chi connectivity index (χ1v) is 8.68. The number of amides is 1. The molecule has 1 unspecified atom stereocenters. The second kappa shape index (κ2) is 10.1. The third kappa shape index (κ3) is 9.26. The number of unbranched alkanes of at least 4 members (excludes halogenated alkanes) is 1. The molecule has 0 aliphatic carbocycles. The highest BCUT2D eigenvalue weighted by atomic mass is 16.6. The normalized spacial score (nSPS) is 18.0. The maximum Gasteiger partial charge on any atom is 0.407 e. The zero-order valence-corrected chi connectivity index (χ0v) is 14.7. The summed E-state index contributed by atoms with van der Waals surface area (Å²) in [6.45, 7) is 11.2. The van der Waals surface area contributed by atoms with Crippen LogP contribution in [-0.2, 0) is 9.47 Å². The molecule has 0 spiro atoms. The molecule has 22 heavy (non-hydrogen) atoms. The molecule has 1 fully saturated rings. The minimum atomic E-state index is -0.446. The molecular formula is C17H34N2O3. The van der Waals surface area contributed by atoms with E-state index in [0.717, 1.165) is 39.0 Å². The average Bonchev–Trinajstić information content (AvgIpc) is 2.45. The van der Waals surface area contributed by atoms with E-state index in [4.69, 9.17) is 9.47 Å². The molecule has 0 saturated carbocycles. The molecule has 1 heterocycles. The molecule has 0 radical (unpaired) electrons. The van der Waals surface area contributed by atoms with E-state index in [-0.39, 0.29) is 6.09 Å². The van der Waals surface area contributed by atoms with Gasteiger partial charge in [0, 0.05) is 25.8 Å². The predicted molar refractivity (Wildman–Crippen MR) is 89.1 cm³/mol. The van der Waals surface area contributed by atoms with Crippen molar-refractivity contribution in [3.05, 3.63) is 0 Å². The Balaban J connectivity index is 2.30. The van der Waals surface area contributed by atoms with E-state index in [9.17, 15) is 4.79 Å². The van der Waals surface area contributed by atoms with Crippen LogP contribution in [0.3, 0.4) is 0 Å². The topological polar surface area (TPSA) is 59.6 Å². The fraction of sp³-hybridized carbons (Fsp3) is 0.941. The van der Waals surface area contributed by atoms with Gasteiger partial charge in [-0.25, -0.2) is 4.79 Å². The minimum Gasteiger partial charge on any atom is -0.444 e. The number of alkyl carbamates (subject to hydrolysis) is 1. The predicted octanol–water partition coefficient (Wildman–Crippen LogP) is 3.09. The summed E-state index contributed by atoms with van der Waals surface area (Å²) in [6, 6.07) is 0.315. The molecule has 5 heteroatoms. The van der Waals surface area contributed by atoms with Crippen molar-refractivity contribution in [1.29, 1.82) is 0 Å². The van der Waals surface area contributed by atoms with Gasteiger partial charge in [0.15, 0.2) is 0 Å². The van der Waals surface area contributed by atoms with Crippen molar-refractivity contribution in [2.75, 3.05) is 26.3 Å². The van der Waals surface area contributed by atoms with Gasteiger partial charge in [-0.1, -0.05) is 19.8 Å². The molecule has 1 rings (SSSR count). The molecule has 0 aromatic carbocycles. The summed E-state index contributed by atoms with van der Waals surface area (Å²) < 4.78 is 10.7. The van der Waals surface area contributed by atoms with Gasteiger partial charge in [0.2, 0.25) is 0 Å². The zero-order chi connectivity index (χ0) is 16.4. The van der Waals surface area contributed by atoms with Crippen molar-refractivity contribution in [2.45, 2.75) is 71.4 Å². The zero-order valence-electron chi connectivity index (χ0n) is 14.7. The van der Waals surface area contributed by atoms with E-state index in [0.29, 0.717) is 18.5 Å². The van der Waals surface area contributed by atoms with Crippen molar-refractivity contribution < 1.29 is 14.3 Å². The van der Waals surface area contributed by atoms with Gasteiger partial charge in [-0.15, -0.1) is 0 Å². The molecular weight excluding hydrogens is 280 g/mol. The molecule has 1 aliphatic heterocycles. The van der Waals surface area contributed by atoms with E-state index in [1.54, 1.807) is 0 Å². The van der Waals surface area contributed by atoms with Crippen molar-refractivity contribution in [3.8, 4) is 0 Å². The summed E-state index contributed by atoms with van der Waals surface area (Å²) in [5, 5.41) is 6.50. The number of carbonyl (C=O) groups is 1. The highest BCUT2D eigenvalue weighted by molar-refractivity contribution is 5.67. The Hall–Kier alpha value is -0.810. The Morgan fingerprint density at radius 2 is 2.00 bits per heavy atom. The average molecular weight is 314 g/mol. The fourth-order valence-corrected chi connectivity index (χ4v) is 2.53. The fourth-order valence-electron chi connectivity index (χ4n) is 2.53. The van der Waals surface area contributed by atoms with Gasteiger partial charge in [-0.2, -0.15) is 0 Å². The molecule has 1 amide bonds. The van der Waals surface area contributed by atoms with Crippen molar-refractivity contribution >= 4 is 6.09 Å². The highest BCUT2D eigenvalue weighted by Crippen LogP contribution is 2.14. The molecule has 0 bridgehead atoms. The Kier molecular flexibility index (Phi) is 8.79. The molecule has 1 aliphatic rings. The number of nitrogens with one attached hydrogen (secondary N) is 2. The van der Waals surface area contributed by atoms with Gasteiger partial charge in [0.25, 0.3) is 0 Å². The van der Waals surface area contributed by atoms with Crippen LogP contribution in [0.1, 0.15) is 59.8 Å². The van der Waals surface area contributed by atoms with E-state index >= 15 is 0 Å². The van der Waals surface area contributed by atoms with E-state index in [2.05, 4.69) is 17.6 Å². The van der Waals surface area contributed by atoms with E-state index in [1.807, 2.05) is 20.8 Å². The van der Waals surface area contributed by atoms with E-state index in [1.165, 1.54) is 12.8 Å². The van der Waals surface area contributed by atoms with Crippen LogP contribution in [0.4, 0.5) is 4.79 Å². The second-order valence-electron chi connectivity index (χ2n) is 7.19. The minimum absolute atomic E-state index is 0.315. The summed E-state index contributed by atoms with van der Waals surface area (Å²) in [7, 11) is 0. The van der Waals surface area contributed by atoms with Crippen LogP contribution < -0.4 is 10.6 Å². The largest absolute Gasteiger partial charge is 0.444 e. The lowest BCUT2D eigenvalue weighted by molar-refractivity contribution is 0.0518. The summed E-state index contributed by atoms with van der Waals surface area (Å²) in [5.41, 5.74) is -0.446. The molecule has 2 N–H and O–H groups in total. The standard InChI is InChI=1S/C17H34N2O3/c1-5-6-7-15(13-19-16(20)22-17(2,3)4)18-12-14-8-10-21-11-9-14/h14-15,18H,5-13H2,1-4H3,(H,19,20). The Morgan fingerprint density at radius 1 is 1.32 bits per heavy atom. The van der Waals surface area contributed by atoms with Crippen LogP contribution in [-0.4, -0.2) is 44.0 Å². The smallest absolute Gasteiger partial charge is 0.407 e. The Morgan fingerprint density at radius 3 is 2.59 bits per heavy atom. The number of hydrogen-bond donors (Lipinski definition) is 2. The highest BCUT2D eigenvalue weighted by Gasteiger charge is 2.19. The van der Waals surface area contributed by atoms with Crippen LogP contribution in [0.5, 0.6) is 0 Å². The van der Waals surface area contributed by atoms with Gasteiger partial charge in [-0.05, 0) is 52.5 Å². The van der Waals surface area contributed by atoms with Crippen LogP contribution in [0.15, 0.2) is 0 Å².